The first-order valence-corrected chi connectivity index (χ1v) is 6.41. The van der Waals surface area contributed by atoms with Crippen LogP contribution in [-0.4, -0.2) is 26.5 Å². The van der Waals surface area contributed by atoms with Crippen LogP contribution in [0.1, 0.15) is 5.56 Å². The molecule has 0 heterocycles. The molecule has 0 fully saturated rings. The Morgan fingerprint density at radius 3 is 2.93 bits per heavy atom. The third-order valence-corrected chi connectivity index (χ3v) is 3.26. The van der Waals surface area contributed by atoms with Gasteiger partial charge in [-0.1, -0.05) is 17.7 Å². The second-order valence-electron chi connectivity index (χ2n) is 3.09. The molecule has 0 atom stereocenters. The lowest BCUT2D eigenvalue weighted by Crippen LogP contribution is -2.19. The molecule has 0 aliphatic heterocycles. The molecule has 1 aromatic rings. The quantitative estimate of drug-likeness (QED) is 0.615. The molecule has 0 bridgehead atoms. The minimum Gasteiger partial charge on any atom is -0.383 e. The molecule has 0 aromatic heterocycles. The molecule has 2 nitrogen and oxygen atoms in total. The van der Waals surface area contributed by atoms with Crippen LogP contribution in [-0.2, 0) is 11.3 Å². The molecule has 0 radical (unpaired) electrons. The molecular formula is C11H16ClNOS. The first-order chi connectivity index (χ1) is 7.29. The van der Waals surface area contributed by atoms with Crippen molar-refractivity contribution >= 4 is 23.4 Å². The number of hydrogen-bond donors (Lipinski definition) is 1. The third kappa shape index (κ3) is 4.03. The van der Waals surface area contributed by atoms with Crippen LogP contribution < -0.4 is 5.32 Å². The number of ether oxygens (including phenoxy) is 1. The summed E-state index contributed by atoms with van der Waals surface area (Å²) in [5.74, 6) is 0. The highest BCUT2D eigenvalue weighted by atomic mass is 35.5. The Labute approximate surface area is 100 Å². The van der Waals surface area contributed by atoms with E-state index in [0.29, 0.717) is 0 Å². The average Bonchev–Trinajstić information content (AvgIpc) is 2.26. The summed E-state index contributed by atoms with van der Waals surface area (Å²) in [6.45, 7) is 2.35. The highest BCUT2D eigenvalue weighted by Gasteiger charge is 2.05. The van der Waals surface area contributed by atoms with Crippen molar-refractivity contribution in [2.24, 2.45) is 0 Å². The Balaban J connectivity index is 2.58. The summed E-state index contributed by atoms with van der Waals surface area (Å²) in [7, 11) is 1.70. The molecule has 0 saturated carbocycles. The van der Waals surface area contributed by atoms with Gasteiger partial charge in [-0.2, -0.15) is 0 Å². The van der Waals surface area contributed by atoms with Gasteiger partial charge in [-0.05, 0) is 24.0 Å². The minimum absolute atomic E-state index is 0.721. The molecule has 4 heteroatoms. The molecule has 0 aliphatic rings. The zero-order chi connectivity index (χ0) is 11.1. The minimum atomic E-state index is 0.721. The summed E-state index contributed by atoms with van der Waals surface area (Å²) in [4.78, 5) is 1.23. The normalized spacial score (nSPS) is 10.6. The van der Waals surface area contributed by atoms with Gasteiger partial charge in [0.05, 0.1) is 6.61 Å². The van der Waals surface area contributed by atoms with Gasteiger partial charge in [-0.15, -0.1) is 11.8 Å². The van der Waals surface area contributed by atoms with Gasteiger partial charge in [0.25, 0.3) is 0 Å². The van der Waals surface area contributed by atoms with E-state index in [1.807, 2.05) is 12.1 Å². The van der Waals surface area contributed by atoms with Gasteiger partial charge in [-0.25, -0.2) is 0 Å². The lowest BCUT2D eigenvalue weighted by molar-refractivity contribution is 0.199. The summed E-state index contributed by atoms with van der Waals surface area (Å²) in [6.07, 6.45) is 2.06. The first-order valence-electron chi connectivity index (χ1n) is 4.80. The second-order valence-corrected chi connectivity index (χ2v) is 4.35. The van der Waals surface area contributed by atoms with E-state index < -0.39 is 0 Å². The van der Waals surface area contributed by atoms with Crippen LogP contribution in [0.25, 0.3) is 0 Å². The number of rotatable bonds is 6. The molecule has 0 spiro atoms. The predicted molar refractivity (Wildman–Crippen MR) is 66.8 cm³/mol. The van der Waals surface area contributed by atoms with Crippen molar-refractivity contribution in [1.29, 1.82) is 0 Å². The standard InChI is InChI=1S/C11H16ClNOS/c1-14-7-6-13-8-9-10(12)4-3-5-11(9)15-2/h3-5,13H,6-8H2,1-2H3. The van der Waals surface area contributed by atoms with Crippen LogP contribution >= 0.6 is 23.4 Å². The maximum absolute atomic E-state index is 6.14. The zero-order valence-electron chi connectivity index (χ0n) is 9.05. The fraction of sp³-hybridized carbons (Fsp3) is 0.455. The molecule has 15 heavy (non-hydrogen) atoms. The lowest BCUT2D eigenvalue weighted by Gasteiger charge is -2.10. The van der Waals surface area contributed by atoms with Crippen molar-refractivity contribution in [2.45, 2.75) is 11.4 Å². The highest BCUT2D eigenvalue weighted by Crippen LogP contribution is 2.26. The van der Waals surface area contributed by atoms with Gasteiger partial charge in [0, 0.05) is 30.1 Å². The van der Waals surface area contributed by atoms with Gasteiger partial charge in [0.15, 0.2) is 0 Å². The summed E-state index contributed by atoms with van der Waals surface area (Å²) >= 11 is 7.85. The molecular weight excluding hydrogens is 230 g/mol. The van der Waals surface area contributed by atoms with Crippen molar-refractivity contribution in [3.8, 4) is 0 Å². The number of halogens is 1. The van der Waals surface area contributed by atoms with Crippen molar-refractivity contribution < 1.29 is 4.74 Å². The van der Waals surface area contributed by atoms with Crippen LogP contribution in [0.5, 0.6) is 0 Å². The molecule has 0 amide bonds. The van der Waals surface area contributed by atoms with E-state index in [4.69, 9.17) is 16.3 Å². The summed E-state index contributed by atoms with van der Waals surface area (Å²) in [5.41, 5.74) is 1.17. The Kier molecular flexibility index (Phi) is 6.10. The van der Waals surface area contributed by atoms with E-state index >= 15 is 0 Å². The van der Waals surface area contributed by atoms with Crippen molar-refractivity contribution in [1.82, 2.24) is 5.32 Å². The molecule has 1 rings (SSSR count). The first kappa shape index (κ1) is 12.8. The number of hydrogen-bond acceptors (Lipinski definition) is 3. The van der Waals surface area contributed by atoms with Gasteiger partial charge < -0.3 is 10.1 Å². The average molecular weight is 246 g/mol. The van der Waals surface area contributed by atoms with E-state index in [2.05, 4.69) is 17.6 Å². The molecule has 0 aliphatic carbocycles. The second kappa shape index (κ2) is 7.12. The number of thioether (sulfide) groups is 1. The summed E-state index contributed by atoms with van der Waals surface area (Å²) < 4.78 is 4.97. The van der Waals surface area contributed by atoms with Crippen LogP contribution in [0.2, 0.25) is 5.02 Å². The van der Waals surface area contributed by atoms with Gasteiger partial charge in [0.1, 0.15) is 0 Å². The summed E-state index contributed by atoms with van der Waals surface area (Å²) in [6, 6.07) is 5.99. The smallest absolute Gasteiger partial charge is 0.0587 e. The van der Waals surface area contributed by atoms with E-state index in [1.165, 1.54) is 10.5 Å². The van der Waals surface area contributed by atoms with Crippen LogP contribution in [0, 0.1) is 0 Å². The largest absolute Gasteiger partial charge is 0.383 e. The van der Waals surface area contributed by atoms with Crippen LogP contribution in [0.3, 0.4) is 0 Å². The summed E-state index contributed by atoms with van der Waals surface area (Å²) in [5, 5.41) is 4.12. The zero-order valence-corrected chi connectivity index (χ0v) is 10.6. The third-order valence-electron chi connectivity index (χ3n) is 2.08. The van der Waals surface area contributed by atoms with Crippen molar-refractivity contribution in [2.75, 3.05) is 26.5 Å². The monoisotopic (exact) mass is 245 g/mol. The fourth-order valence-electron chi connectivity index (χ4n) is 1.29. The fourth-order valence-corrected chi connectivity index (χ4v) is 2.23. The molecule has 1 N–H and O–H groups in total. The molecule has 84 valence electrons. The van der Waals surface area contributed by atoms with Crippen molar-refractivity contribution in [3.05, 3.63) is 28.8 Å². The Hall–Kier alpha value is -0.220. The number of benzene rings is 1. The van der Waals surface area contributed by atoms with E-state index in [0.717, 1.165) is 24.7 Å². The van der Waals surface area contributed by atoms with E-state index in [1.54, 1.807) is 18.9 Å². The van der Waals surface area contributed by atoms with E-state index in [-0.39, 0.29) is 0 Å². The van der Waals surface area contributed by atoms with Gasteiger partial charge in [-0.3, -0.25) is 0 Å². The van der Waals surface area contributed by atoms with Crippen molar-refractivity contribution in [3.63, 3.8) is 0 Å². The van der Waals surface area contributed by atoms with Crippen LogP contribution in [0.4, 0.5) is 0 Å². The topological polar surface area (TPSA) is 21.3 Å². The Bertz CT molecular complexity index is 307. The molecule has 0 saturated heterocycles. The number of nitrogens with one attached hydrogen (secondary N) is 1. The highest BCUT2D eigenvalue weighted by molar-refractivity contribution is 7.98. The SMILES string of the molecule is COCCNCc1c(Cl)cccc1SC. The maximum atomic E-state index is 6.14. The Morgan fingerprint density at radius 2 is 2.27 bits per heavy atom. The lowest BCUT2D eigenvalue weighted by atomic mass is 10.2. The molecule has 1 aromatic carbocycles. The predicted octanol–water partition coefficient (Wildman–Crippen LogP) is 2.80. The number of methoxy groups -OCH3 is 1. The van der Waals surface area contributed by atoms with E-state index in [9.17, 15) is 0 Å². The maximum Gasteiger partial charge on any atom is 0.0587 e. The molecule has 0 unspecified atom stereocenters. The Morgan fingerprint density at radius 1 is 1.47 bits per heavy atom. The van der Waals surface area contributed by atoms with Gasteiger partial charge in [0.2, 0.25) is 0 Å². The van der Waals surface area contributed by atoms with Crippen LogP contribution in [0.15, 0.2) is 23.1 Å². The van der Waals surface area contributed by atoms with Gasteiger partial charge >= 0.3 is 0 Å².